The first-order chi connectivity index (χ1) is 9.41. The minimum absolute atomic E-state index is 0.106. The highest BCUT2D eigenvalue weighted by Crippen LogP contribution is 2.20. The van der Waals surface area contributed by atoms with Crippen LogP contribution in [0.1, 0.15) is 18.2 Å². The zero-order valence-electron chi connectivity index (χ0n) is 11.5. The van der Waals surface area contributed by atoms with Crippen molar-refractivity contribution >= 4 is 15.7 Å². The van der Waals surface area contributed by atoms with E-state index in [1.807, 2.05) is 18.4 Å². The molecule has 0 saturated heterocycles. The Morgan fingerprint density at radius 2 is 2.15 bits per heavy atom. The lowest BCUT2D eigenvalue weighted by atomic mass is 10.2. The average molecular weight is 294 g/mol. The molecule has 1 aromatic heterocycles. The first kappa shape index (κ1) is 14.5. The number of nitrogens with zero attached hydrogens (tertiary/aromatic N) is 2. The largest absolute Gasteiger partial charge is 0.379 e. The van der Waals surface area contributed by atoms with Crippen molar-refractivity contribution in [3.05, 3.63) is 42.0 Å². The van der Waals surface area contributed by atoms with E-state index >= 15 is 0 Å². The zero-order valence-corrected chi connectivity index (χ0v) is 12.3. The van der Waals surface area contributed by atoms with Crippen LogP contribution in [0.3, 0.4) is 0 Å². The standard InChI is InChI=1S/C13H18N4O2S/c1-3-17-9-15-7-11(17)8-16-13-6-12(20(14,18)19)5-4-10(13)2/h4-7,9,16H,3,8H2,1-2H3,(H2,14,18,19). The van der Waals surface area contributed by atoms with Crippen LogP contribution in [-0.4, -0.2) is 18.0 Å². The Bertz CT molecular complexity index is 707. The number of primary sulfonamides is 1. The van der Waals surface area contributed by atoms with Gasteiger partial charge in [0.05, 0.1) is 23.5 Å². The van der Waals surface area contributed by atoms with Crippen LogP contribution in [0.2, 0.25) is 0 Å². The molecule has 2 aromatic rings. The molecule has 0 amide bonds. The highest BCUT2D eigenvalue weighted by Gasteiger charge is 2.10. The molecule has 0 aliphatic rings. The Morgan fingerprint density at radius 3 is 2.80 bits per heavy atom. The van der Waals surface area contributed by atoms with Gasteiger partial charge in [-0.15, -0.1) is 0 Å². The van der Waals surface area contributed by atoms with E-state index in [2.05, 4.69) is 10.3 Å². The summed E-state index contributed by atoms with van der Waals surface area (Å²) >= 11 is 0. The van der Waals surface area contributed by atoms with E-state index in [4.69, 9.17) is 5.14 Å². The van der Waals surface area contributed by atoms with Gasteiger partial charge in [-0.05, 0) is 31.5 Å². The van der Waals surface area contributed by atoms with Crippen molar-refractivity contribution in [2.75, 3.05) is 5.32 Å². The van der Waals surface area contributed by atoms with Crippen LogP contribution in [0.15, 0.2) is 35.6 Å². The predicted octanol–water partition coefficient (Wildman–Crippen LogP) is 1.47. The van der Waals surface area contributed by atoms with Crippen LogP contribution in [-0.2, 0) is 23.1 Å². The number of imidazole rings is 1. The highest BCUT2D eigenvalue weighted by molar-refractivity contribution is 7.89. The van der Waals surface area contributed by atoms with Gasteiger partial charge in [0, 0.05) is 18.4 Å². The lowest BCUT2D eigenvalue weighted by molar-refractivity contribution is 0.598. The van der Waals surface area contributed by atoms with Gasteiger partial charge in [0.2, 0.25) is 10.0 Å². The molecule has 0 aliphatic carbocycles. The summed E-state index contributed by atoms with van der Waals surface area (Å²) in [5.41, 5.74) is 2.74. The number of aromatic nitrogens is 2. The van der Waals surface area contributed by atoms with Gasteiger partial charge < -0.3 is 9.88 Å². The summed E-state index contributed by atoms with van der Waals surface area (Å²) in [7, 11) is -3.68. The number of nitrogens with two attached hydrogens (primary N) is 1. The van der Waals surface area contributed by atoms with Crippen LogP contribution >= 0.6 is 0 Å². The molecular formula is C13H18N4O2S. The van der Waals surface area contributed by atoms with Crippen molar-refractivity contribution < 1.29 is 8.42 Å². The lowest BCUT2D eigenvalue weighted by Gasteiger charge is -2.12. The second kappa shape index (κ2) is 5.64. The third-order valence-corrected chi connectivity index (χ3v) is 4.05. The predicted molar refractivity (Wildman–Crippen MR) is 77.8 cm³/mol. The molecule has 3 N–H and O–H groups in total. The van der Waals surface area contributed by atoms with Gasteiger partial charge in [-0.1, -0.05) is 6.07 Å². The second-order valence-corrected chi connectivity index (χ2v) is 6.11. The summed E-state index contributed by atoms with van der Waals surface area (Å²) in [6.45, 7) is 5.36. The van der Waals surface area contributed by atoms with Crippen LogP contribution < -0.4 is 10.5 Å². The number of benzene rings is 1. The minimum atomic E-state index is -3.68. The van der Waals surface area contributed by atoms with Gasteiger partial charge in [-0.3, -0.25) is 0 Å². The van der Waals surface area contributed by atoms with Crippen molar-refractivity contribution in [2.24, 2.45) is 5.14 Å². The van der Waals surface area contributed by atoms with Crippen molar-refractivity contribution in [3.8, 4) is 0 Å². The fourth-order valence-electron chi connectivity index (χ4n) is 1.93. The van der Waals surface area contributed by atoms with Crippen molar-refractivity contribution in [1.29, 1.82) is 0 Å². The van der Waals surface area contributed by atoms with Gasteiger partial charge in [0.25, 0.3) is 0 Å². The average Bonchev–Trinajstić information content (AvgIpc) is 2.83. The smallest absolute Gasteiger partial charge is 0.238 e. The van der Waals surface area contributed by atoms with Gasteiger partial charge in [-0.25, -0.2) is 18.5 Å². The third kappa shape index (κ3) is 3.17. The Balaban J connectivity index is 2.21. The quantitative estimate of drug-likeness (QED) is 0.873. The normalized spacial score (nSPS) is 11.6. The molecule has 0 spiro atoms. The second-order valence-electron chi connectivity index (χ2n) is 4.55. The van der Waals surface area contributed by atoms with Gasteiger partial charge in [-0.2, -0.15) is 0 Å². The molecule has 6 nitrogen and oxygen atoms in total. The molecule has 108 valence electrons. The molecule has 0 bridgehead atoms. The monoisotopic (exact) mass is 294 g/mol. The van der Waals surface area contributed by atoms with Gasteiger partial charge in [0.15, 0.2) is 0 Å². The molecule has 0 aliphatic heterocycles. The van der Waals surface area contributed by atoms with Crippen molar-refractivity contribution in [1.82, 2.24) is 9.55 Å². The Hall–Kier alpha value is -1.86. The fourth-order valence-corrected chi connectivity index (χ4v) is 2.47. The maximum Gasteiger partial charge on any atom is 0.238 e. The Labute approximate surface area is 118 Å². The first-order valence-corrected chi connectivity index (χ1v) is 7.82. The van der Waals surface area contributed by atoms with E-state index in [1.165, 1.54) is 6.07 Å². The van der Waals surface area contributed by atoms with E-state index in [9.17, 15) is 8.42 Å². The Morgan fingerprint density at radius 1 is 1.40 bits per heavy atom. The van der Waals surface area contributed by atoms with Crippen LogP contribution in [0.4, 0.5) is 5.69 Å². The molecule has 0 atom stereocenters. The van der Waals surface area contributed by atoms with Gasteiger partial charge in [0.1, 0.15) is 0 Å². The van der Waals surface area contributed by atoms with Crippen molar-refractivity contribution in [3.63, 3.8) is 0 Å². The number of aryl methyl sites for hydroxylation is 2. The van der Waals surface area contributed by atoms with E-state index in [0.29, 0.717) is 6.54 Å². The number of anilines is 1. The van der Waals surface area contributed by atoms with Crippen LogP contribution in [0.25, 0.3) is 0 Å². The first-order valence-electron chi connectivity index (χ1n) is 6.28. The zero-order chi connectivity index (χ0) is 14.8. The van der Waals surface area contributed by atoms with E-state index in [-0.39, 0.29) is 4.90 Å². The molecular weight excluding hydrogens is 276 g/mol. The third-order valence-electron chi connectivity index (χ3n) is 3.14. The number of hydrogen-bond acceptors (Lipinski definition) is 4. The fraction of sp³-hybridized carbons (Fsp3) is 0.308. The molecule has 1 aromatic carbocycles. The van der Waals surface area contributed by atoms with Crippen molar-refractivity contribution in [2.45, 2.75) is 31.8 Å². The summed E-state index contributed by atoms with van der Waals surface area (Å²) in [5.74, 6) is 0. The highest BCUT2D eigenvalue weighted by atomic mass is 32.2. The lowest BCUT2D eigenvalue weighted by Crippen LogP contribution is -2.13. The van der Waals surface area contributed by atoms with E-state index in [1.54, 1.807) is 24.7 Å². The molecule has 0 saturated carbocycles. The SMILES string of the molecule is CCn1cncc1CNc1cc(S(N)(=O)=O)ccc1C. The number of sulfonamides is 1. The minimum Gasteiger partial charge on any atom is -0.379 e. The van der Waals surface area contributed by atoms with Gasteiger partial charge >= 0.3 is 0 Å². The summed E-state index contributed by atoms with van der Waals surface area (Å²) < 4.78 is 24.8. The number of hydrogen-bond donors (Lipinski definition) is 2. The van der Waals surface area contributed by atoms with E-state index in [0.717, 1.165) is 23.5 Å². The van der Waals surface area contributed by atoms with Crippen LogP contribution in [0, 0.1) is 6.92 Å². The molecule has 1 heterocycles. The topological polar surface area (TPSA) is 90.0 Å². The molecule has 0 radical (unpaired) electrons. The molecule has 0 unspecified atom stereocenters. The van der Waals surface area contributed by atoms with E-state index < -0.39 is 10.0 Å². The maximum absolute atomic E-state index is 11.4. The number of rotatable bonds is 5. The van der Waals surface area contributed by atoms with Crippen LogP contribution in [0.5, 0.6) is 0 Å². The molecule has 0 fully saturated rings. The molecule has 7 heteroatoms. The maximum atomic E-state index is 11.4. The summed E-state index contributed by atoms with van der Waals surface area (Å²) in [6, 6.07) is 4.79. The number of nitrogens with one attached hydrogen (secondary N) is 1. The summed E-state index contributed by atoms with van der Waals surface area (Å²) in [5, 5.41) is 8.36. The molecule has 2 rings (SSSR count). The molecule has 20 heavy (non-hydrogen) atoms. The summed E-state index contributed by atoms with van der Waals surface area (Å²) in [6.07, 6.45) is 3.56. The Kier molecular flexibility index (Phi) is 4.10. The summed E-state index contributed by atoms with van der Waals surface area (Å²) in [4.78, 5) is 4.20.